The lowest BCUT2D eigenvalue weighted by atomic mass is 10.2. The van der Waals surface area contributed by atoms with Crippen molar-refractivity contribution < 1.29 is 14.3 Å². The van der Waals surface area contributed by atoms with E-state index in [1.807, 2.05) is 37.3 Å². The first kappa shape index (κ1) is 17.8. The van der Waals surface area contributed by atoms with Crippen LogP contribution >= 0.6 is 0 Å². The molecule has 0 aliphatic carbocycles. The lowest BCUT2D eigenvalue weighted by Gasteiger charge is -2.38. The molecule has 1 N–H and O–H groups in total. The zero-order valence-electron chi connectivity index (χ0n) is 15.2. The molecule has 1 aliphatic rings. The minimum atomic E-state index is -0.124. The van der Waals surface area contributed by atoms with Gasteiger partial charge in [0, 0.05) is 25.4 Å². The summed E-state index contributed by atoms with van der Waals surface area (Å²) in [6.45, 7) is 3.32. The Bertz CT molecular complexity index is 839. The first-order chi connectivity index (χ1) is 12.5. The van der Waals surface area contributed by atoms with Gasteiger partial charge in [0.25, 0.3) is 5.56 Å². The van der Waals surface area contributed by atoms with Crippen molar-refractivity contribution >= 4 is 6.03 Å². The van der Waals surface area contributed by atoms with Gasteiger partial charge < -0.3 is 24.3 Å². The fourth-order valence-corrected chi connectivity index (χ4v) is 2.71. The molecule has 2 heterocycles. The Morgan fingerprint density at radius 1 is 1.19 bits per heavy atom. The van der Waals surface area contributed by atoms with Crippen LogP contribution in [0.25, 0.3) is 0 Å². The third kappa shape index (κ3) is 3.99. The van der Waals surface area contributed by atoms with Gasteiger partial charge in [0.15, 0.2) is 0 Å². The molecular formula is C19H23N3O4. The van der Waals surface area contributed by atoms with Crippen molar-refractivity contribution in [1.29, 1.82) is 0 Å². The molecule has 0 spiro atoms. The van der Waals surface area contributed by atoms with E-state index < -0.39 is 0 Å². The number of carbonyl (C=O) groups is 1. The Labute approximate surface area is 152 Å². The Hall–Kier alpha value is -2.96. The highest BCUT2D eigenvalue weighted by Crippen LogP contribution is 2.18. The molecule has 3 rings (SSSR count). The van der Waals surface area contributed by atoms with Crippen LogP contribution in [0.15, 0.2) is 41.2 Å². The molecule has 2 aromatic rings. The maximum absolute atomic E-state index is 12.2. The van der Waals surface area contributed by atoms with E-state index in [9.17, 15) is 9.59 Å². The third-order valence-electron chi connectivity index (χ3n) is 4.52. The van der Waals surface area contributed by atoms with Crippen LogP contribution in [0.4, 0.5) is 4.79 Å². The number of likely N-dealkylation sites (tertiary alicyclic amines) is 1. The van der Waals surface area contributed by atoms with Crippen LogP contribution in [0.1, 0.15) is 11.3 Å². The van der Waals surface area contributed by atoms with E-state index in [-0.39, 0.29) is 17.7 Å². The van der Waals surface area contributed by atoms with Gasteiger partial charge in [-0.15, -0.1) is 0 Å². The molecule has 0 atom stereocenters. The van der Waals surface area contributed by atoms with Gasteiger partial charge in [-0.05, 0) is 30.7 Å². The van der Waals surface area contributed by atoms with Gasteiger partial charge in [-0.1, -0.05) is 12.1 Å². The molecule has 138 valence electrons. The number of methoxy groups -OCH3 is 1. The normalized spacial score (nSPS) is 13.9. The number of hydrogen-bond acceptors (Lipinski definition) is 4. The zero-order valence-corrected chi connectivity index (χ0v) is 15.2. The number of nitrogens with zero attached hydrogens (tertiary/aromatic N) is 2. The minimum absolute atomic E-state index is 0.0896. The fraction of sp³-hybridized carbons (Fsp3) is 0.368. The molecule has 2 amide bonds. The van der Waals surface area contributed by atoms with Crippen molar-refractivity contribution in [3.63, 3.8) is 0 Å². The summed E-state index contributed by atoms with van der Waals surface area (Å²) in [7, 11) is 3.34. The zero-order chi connectivity index (χ0) is 18.7. The van der Waals surface area contributed by atoms with Crippen molar-refractivity contribution in [2.24, 2.45) is 7.05 Å². The van der Waals surface area contributed by atoms with Crippen LogP contribution in [0.2, 0.25) is 0 Å². The van der Waals surface area contributed by atoms with E-state index in [1.54, 1.807) is 23.6 Å². The van der Waals surface area contributed by atoms with Crippen molar-refractivity contribution in [2.45, 2.75) is 19.6 Å². The fourth-order valence-electron chi connectivity index (χ4n) is 2.71. The van der Waals surface area contributed by atoms with Crippen molar-refractivity contribution in [2.75, 3.05) is 20.2 Å². The molecule has 1 saturated heterocycles. The second-order valence-corrected chi connectivity index (χ2v) is 6.38. The standard InChI is InChI=1S/C19H23N3O4/c1-13-8-16(9-18(23)21(13)2)26-17-11-22(12-17)19(24)20-10-14-4-6-15(25-3)7-5-14/h4-9,17H,10-12H2,1-3H3,(H,20,24). The second kappa shape index (κ2) is 7.51. The third-order valence-corrected chi connectivity index (χ3v) is 4.52. The van der Waals surface area contributed by atoms with Crippen molar-refractivity contribution in [1.82, 2.24) is 14.8 Å². The first-order valence-electron chi connectivity index (χ1n) is 8.46. The number of hydrogen-bond donors (Lipinski definition) is 1. The highest BCUT2D eigenvalue weighted by Gasteiger charge is 2.32. The van der Waals surface area contributed by atoms with Gasteiger partial charge >= 0.3 is 6.03 Å². The van der Waals surface area contributed by atoms with E-state index in [1.165, 1.54) is 6.07 Å². The number of aryl methyl sites for hydroxylation is 1. The summed E-state index contributed by atoms with van der Waals surface area (Å²) < 4.78 is 12.5. The van der Waals surface area contributed by atoms with Gasteiger partial charge in [-0.25, -0.2) is 4.79 Å². The first-order valence-corrected chi connectivity index (χ1v) is 8.46. The maximum atomic E-state index is 12.2. The van der Waals surface area contributed by atoms with Gasteiger partial charge in [0.05, 0.1) is 20.2 Å². The predicted octanol–water partition coefficient (Wildman–Crippen LogP) is 1.68. The number of pyridine rings is 1. The molecule has 1 fully saturated rings. The highest BCUT2D eigenvalue weighted by molar-refractivity contribution is 5.75. The number of urea groups is 1. The molecular weight excluding hydrogens is 334 g/mol. The molecule has 1 aromatic heterocycles. The summed E-state index contributed by atoms with van der Waals surface area (Å²) in [6.07, 6.45) is -0.0896. The predicted molar refractivity (Wildman–Crippen MR) is 97.6 cm³/mol. The van der Waals surface area contributed by atoms with E-state index in [0.29, 0.717) is 25.4 Å². The van der Waals surface area contributed by atoms with Gasteiger partial charge in [-0.3, -0.25) is 4.79 Å². The number of benzene rings is 1. The summed E-state index contributed by atoms with van der Waals surface area (Å²) in [4.78, 5) is 25.6. The molecule has 1 aliphatic heterocycles. The Morgan fingerprint density at radius 3 is 2.50 bits per heavy atom. The van der Waals surface area contributed by atoms with Crippen LogP contribution in [-0.2, 0) is 13.6 Å². The summed E-state index contributed by atoms with van der Waals surface area (Å²) >= 11 is 0. The lowest BCUT2D eigenvalue weighted by Crippen LogP contribution is -2.58. The van der Waals surface area contributed by atoms with Gasteiger partial charge in [0.1, 0.15) is 17.6 Å². The van der Waals surface area contributed by atoms with E-state index in [4.69, 9.17) is 9.47 Å². The Balaban J connectivity index is 1.45. The number of aromatic nitrogens is 1. The second-order valence-electron chi connectivity index (χ2n) is 6.38. The average Bonchev–Trinajstić information content (AvgIpc) is 2.60. The van der Waals surface area contributed by atoms with Gasteiger partial charge in [-0.2, -0.15) is 0 Å². The SMILES string of the molecule is COc1ccc(CNC(=O)N2CC(Oc3cc(C)n(C)c(=O)c3)C2)cc1. The van der Waals surface area contributed by atoms with Crippen LogP contribution in [0.3, 0.4) is 0 Å². The van der Waals surface area contributed by atoms with E-state index in [0.717, 1.165) is 17.0 Å². The number of nitrogens with one attached hydrogen (secondary N) is 1. The number of rotatable bonds is 5. The Morgan fingerprint density at radius 2 is 1.88 bits per heavy atom. The number of amides is 2. The molecule has 7 heteroatoms. The molecule has 0 bridgehead atoms. The van der Waals surface area contributed by atoms with Crippen molar-refractivity contribution in [3.8, 4) is 11.5 Å². The molecule has 26 heavy (non-hydrogen) atoms. The monoisotopic (exact) mass is 357 g/mol. The molecule has 0 saturated carbocycles. The highest BCUT2D eigenvalue weighted by atomic mass is 16.5. The summed E-state index contributed by atoms with van der Waals surface area (Å²) in [5.41, 5.74) is 1.73. The molecule has 0 unspecified atom stereocenters. The minimum Gasteiger partial charge on any atom is -0.497 e. The van der Waals surface area contributed by atoms with E-state index >= 15 is 0 Å². The molecule has 1 aromatic carbocycles. The molecule has 0 radical (unpaired) electrons. The average molecular weight is 357 g/mol. The lowest BCUT2D eigenvalue weighted by molar-refractivity contribution is 0.0441. The largest absolute Gasteiger partial charge is 0.497 e. The van der Waals surface area contributed by atoms with Crippen LogP contribution in [0, 0.1) is 6.92 Å². The smallest absolute Gasteiger partial charge is 0.317 e. The molecule has 7 nitrogen and oxygen atoms in total. The van der Waals surface area contributed by atoms with Crippen LogP contribution in [0.5, 0.6) is 11.5 Å². The number of ether oxygens (including phenoxy) is 2. The quantitative estimate of drug-likeness (QED) is 0.884. The van der Waals surface area contributed by atoms with Gasteiger partial charge in [0.2, 0.25) is 0 Å². The van der Waals surface area contributed by atoms with Crippen LogP contribution < -0.4 is 20.3 Å². The summed E-state index contributed by atoms with van der Waals surface area (Å²) in [5, 5.41) is 2.89. The topological polar surface area (TPSA) is 72.8 Å². The van der Waals surface area contributed by atoms with Crippen LogP contribution in [-0.4, -0.2) is 41.8 Å². The van der Waals surface area contributed by atoms with Crippen molar-refractivity contribution in [3.05, 3.63) is 58.0 Å². The number of carbonyl (C=O) groups excluding carboxylic acids is 1. The summed E-state index contributed by atoms with van der Waals surface area (Å²) in [6, 6.07) is 10.7. The summed E-state index contributed by atoms with van der Waals surface area (Å²) in [5.74, 6) is 1.34. The maximum Gasteiger partial charge on any atom is 0.317 e. The Kier molecular flexibility index (Phi) is 5.16. The van der Waals surface area contributed by atoms with E-state index in [2.05, 4.69) is 5.32 Å².